The lowest BCUT2D eigenvalue weighted by Crippen LogP contribution is -2.27. The molecule has 0 radical (unpaired) electrons. The third-order valence-corrected chi connectivity index (χ3v) is 4.32. The molecule has 1 aromatic rings. The molecule has 3 nitrogen and oxygen atoms in total. The summed E-state index contributed by atoms with van der Waals surface area (Å²) in [4.78, 5) is 7.03. The third-order valence-electron chi connectivity index (χ3n) is 3.75. The van der Waals surface area contributed by atoms with E-state index in [1.54, 1.807) is 0 Å². The molecule has 0 N–H and O–H groups in total. The summed E-state index contributed by atoms with van der Waals surface area (Å²) in [6.45, 7) is 2.58. The Hall–Kier alpha value is -0.350. The van der Waals surface area contributed by atoms with Crippen molar-refractivity contribution in [2.45, 2.75) is 36.7 Å². The van der Waals surface area contributed by atoms with E-state index in [4.69, 9.17) is 0 Å². The SMILES string of the molecule is BrCc1cn(C2CCN3CCCC23)cn1. The van der Waals surface area contributed by atoms with Crippen LogP contribution in [0.3, 0.4) is 0 Å². The van der Waals surface area contributed by atoms with E-state index in [0.29, 0.717) is 6.04 Å². The van der Waals surface area contributed by atoms with Crippen LogP contribution >= 0.6 is 15.9 Å². The summed E-state index contributed by atoms with van der Waals surface area (Å²) in [7, 11) is 0. The van der Waals surface area contributed by atoms with Crippen molar-refractivity contribution in [3.8, 4) is 0 Å². The molecule has 0 bridgehead atoms. The van der Waals surface area contributed by atoms with Crippen molar-refractivity contribution in [1.29, 1.82) is 0 Å². The number of fused-ring (bicyclic) bond motifs is 1. The van der Waals surface area contributed by atoms with Crippen molar-refractivity contribution in [2.75, 3.05) is 13.1 Å². The van der Waals surface area contributed by atoms with E-state index in [-0.39, 0.29) is 0 Å². The second-order valence-electron chi connectivity index (χ2n) is 4.55. The molecule has 2 aliphatic rings. The van der Waals surface area contributed by atoms with Gasteiger partial charge in [0.2, 0.25) is 0 Å². The van der Waals surface area contributed by atoms with Gasteiger partial charge in [0.1, 0.15) is 0 Å². The molecule has 2 aliphatic heterocycles. The van der Waals surface area contributed by atoms with Crippen LogP contribution in [-0.2, 0) is 5.33 Å². The molecule has 0 aromatic carbocycles. The van der Waals surface area contributed by atoms with Crippen LogP contribution in [-0.4, -0.2) is 33.6 Å². The number of alkyl halides is 1. The van der Waals surface area contributed by atoms with Gasteiger partial charge in [0, 0.05) is 24.1 Å². The normalized spacial score (nSPS) is 31.0. The van der Waals surface area contributed by atoms with Gasteiger partial charge < -0.3 is 4.57 Å². The Bertz CT molecular complexity index is 349. The average molecular weight is 270 g/mol. The van der Waals surface area contributed by atoms with Crippen LogP contribution in [0.1, 0.15) is 31.0 Å². The maximum absolute atomic E-state index is 4.39. The quantitative estimate of drug-likeness (QED) is 0.768. The Balaban J connectivity index is 1.81. The number of hydrogen-bond acceptors (Lipinski definition) is 2. The van der Waals surface area contributed by atoms with Crippen LogP contribution in [0, 0.1) is 0 Å². The second-order valence-corrected chi connectivity index (χ2v) is 5.11. The van der Waals surface area contributed by atoms with Crippen LogP contribution in [0.2, 0.25) is 0 Å². The molecule has 2 fully saturated rings. The summed E-state index contributed by atoms with van der Waals surface area (Å²) < 4.78 is 2.33. The fourth-order valence-corrected chi connectivity index (χ4v) is 3.32. The Morgan fingerprint density at radius 3 is 3.07 bits per heavy atom. The standard InChI is InChI=1S/C11H16BrN3/c12-6-9-7-15(8-13-9)11-3-5-14-4-1-2-10(11)14/h7-8,10-11H,1-6H2. The molecule has 0 spiro atoms. The summed E-state index contributed by atoms with van der Waals surface area (Å²) in [6, 6.07) is 1.45. The van der Waals surface area contributed by atoms with E-state index in [1.807, 2.05) is 6.33 Å². The van der Waals surface area contributed by atoms with E-state index in [2.05, 4.69) is 36.6 Å². The molecule has 2 atom stereocenters. The zero-order valence-electron chi connectivity index (χ0n) is 8.77. The smallest absolute Gasteiger partial charge is 0.0952 e. The first-order valence-corrected chi connectivity index (χ1v) is 6.83. The van der Waals surface area contributed by atoms with Crippen LogP contribution in [0.5, 0.6) is 0 Å². The molecule has 0 amide bonds. The van der Waals surface area contributed by atoms with Crippen molar-refractivity contribution < 1.29 is 0 Å². The van der Waals surface area contributed by atoms with Crippen LogP contribution in [0.25, 0.3) is 0 Å². The van der Waals surface area contributed by atoms with Crippen LogP contribution in [0.4, 0.5) is 0 Å². The predicted molar refractivity (Wildman–Crippen MR) is 63.1 cm³/mol. The van der Waals surface area contributed by atoms with Gasteiger partial charge in [0.15, 0.2) is 0 Å². The molecule has 3 heterocycles. The van der Waals surface area contributed by atoms with E-state index < -0.39 is 0 Å². The Morgan fingerprint density at radius 2 is 2.27 bits per heavy atom. The number of halogens is 1. The lowest BCUT2D eigenvalue weighted by atomic mass is 10.1. The zero-order valence-corrected chi connectivity index (χ0v) is 10.4. The highest BCUT2D eigenvalue weighted by molar-refractivity contribution is 9.08. The Morgan fingerprint density at radius 1 is 1.33 bits per heavy atom. The first-order chi connectivity index (χ1) is 7.38. The minimum absolute atomic E-state index is 0.674. The van der Waals surface area contributed by atoms with Crippen molar-refractivity contribution in [1.82, 2.24) is 14.5 Å². The van der Waals surface area contributed by atoms with E-state index >= 15 is 0 Å². The Kier molecular flexibility index (Phi) is 2.56. The van der Waals surface area contributed by atoms with E-state index in [9.17, 15) is 0 Å². The van der Waals surface area contributed by atoms with Crippen molar-refractivity contribution in [3.05, 3.63) is 18.2 Å². The highest BCUT2D eigenvalue weighted by atomic mass is 79.9. The van der Waals surface area contributed by atoms with Gasteiger partial charge >= 0.3 is 0 Å². The van der Waals surface area contributed by atoms with Crippen molar-refractivity contribution in [2.24, 2.45) is 0 Å². The highest BCUT2D eigenvalue weighted by Gasteiger charge is 2.37. The van der Waals surface area contributed by atoms with Gasteiger partial charge in [0.05, 0.1) is 18.1 Å². The van der Waals surface area contributed by atoms with Crippen molar-refractivity contribution >= 4 is 15.9 Å². The lowest BCUT2D eigenvalue weighted by Gasteiger charge is -2.20. The molecule has 4 heteroatoms. The van der Waals surface area contributed by atoms with Gasteiger partial charge in [-0.15, -0.1) is 0 Å². The van der Waals surface area contributed by atoms with E-state index in [1.165, 1.54) is 32.4 Å². The maximum atomic E-state index is 4.39. The monoisotopic (exact) mass is 269 g/mol. The number of nitrogens with zero attached hydrogens (tertiary/aromatic N) is 3. The maximum Gasteiger partial charge on any atom is 0.0952 e. The number of rotatable bonds is 2. The minimum atomic E-state index is 0.674. The topological polar surface area (TPSA) is 21.1 Å². The molecule has 82 valence electrons. The van der Waals surface area contributed by atoms with Crippen LogP contribution in [0.15, 0.2) is 12.5 Å². The second kappa shape index (κ2) is 3.91. The first-order valence-electron chi connectivity index (χ1n) is 5.71. The van der Waals surface area contributed by atoms with Gasteiger partial charge in [-0.05, 0) is 25.8 Å². The van der Waals surface area contributed by atoms with Crippen LogP contribution < -0.4 is 0 Å². The lowest BCUT2D eigenvalue weighted by molar-refractivity contribution is 0.290. The summed E-state index contributed by atoms with van der Waals surface area (Å²) in [5.74, 6) is 0. The van der Waals surface area contributed by atoms with Gasteiger partial charge in [-0.2, -0.15) is 0 Å². The molecular weight excluding hydrogens is 254 g/mol. The summed E-state index contributed by atoms with van der Waals surface area (Å²) in [5, 5.41) is 0.862. The average Bonchev–Trinajstić information content (AvgIpc) is 2.92. The zero-order chi connectivity index (χ0) is 10.3. The number of imidazole rings is 1. The predicted octanol–water partition coefficient (Wildman–Crippen LogP) is 2.19. The molecular formula is C11H16BrN3. The fourth-order valence-electron chi connectivity index (χ4n) is 3.03. The van der Waals surface area contributed by atoms with Gasteiger partial charge in [0.25, 0.3) is 0 Å². The largest absolute Gasteiger partial charge is 0.332 e. The molecule has 3 rings (SSSR count). The third kappa shape index (κ3) is 1.64. The molecule has 1 aromatic heterocycles. The van der Waals surface area contributed by atoms with Gasteiger partial charge in [-0.25, -0.2) is 4.98 Å². The minimum Gasteiger partial charge on any atom is -0.332 e. The highest BCUT2D eigenvalue weighted by Crippen LogP contribution is 2.35. The summed E-state index contributed by atoms with van der Waals surface area (Å²) in [5.41, 5.74) is 1.14. The molecule has 0 saturated carbocycles. The number of hydrogen-bond donors (Lipinski definition) is 0. The molecule has 2 unspecified atom stereocenters. The Labute approximate surface area is 98.6 Å². The van der Waals surface area contributed by atoms with Gasteiger partial charge in [-0.1, -0.05) is 15.9 Å². The summed E-state index contributed by atoms with van der Waals surface area (Å²) in [6.07, 6.45) is 8.24. The molecule has 0 aliphatic carbocycles. The summed E-state index contributed by atoms with van der Waals surface area (Å²) >= 11 is 3.45. The number of aromatic nitrogens is 2. The molecule has 2 saturated heterocycles. The van der Waals surface area contributed by atoms with E-state index in [0.717, 1.165) is 17.1 Å². The van der Waals surface area contributed by atoms with Gasteiger partial charge in [-0.3, -0.25) is 4.90 Å². The fraction of sp³-hybridized carbons (Fsp3) is 0.727. The van der Waals surface area contributed by atoms with Crippen molar-refractivity contribution in [3.63, 3.8) is 0 Å². The first kappa shape index (κ1) is 9.85. The molecule has 15 heavy (non-hydrogen) atoms.